The molecule has 0 spiro atoms. The summed E-state index contributed by atoms with van der Waals surface area (Å²) in [6.45, 7) is 11.0. The first-order valence-corrected chi connectivity index (χ1v) is 9.31. The van der Waals surface area contributed by atoms with Crippen molar-refractivity contribution >= 4 is 9.84 Å². The van der Waals surface area contributed by atoms with Gasteiger partial charge < -0.3 is 4.74 Å². The minimum absolute atomic E-state index is 0.114. The molecule has 0 N–H and O–H groups in total. The van der Waals surface area contributed by atoms with Crippen molar-refractivity contribution in [1.82, 2.24) is 4.90 Å². The minimum atomic E-state index is -2.89. The van der Waals surface area contributed by atoms with Crippen LogP contribution in [0.15, 0.2) is 0 Å². The largest absolute Gasteiger partial charge is 0.378 e. The van der Waals surface area contributed by atoms with Crippen LogP contribution in [0.5, 0.6) is 0 Å². The Morgan fingerprint density at radius 2 is 1.89 bits per heavy atom. The van der Waals surface area contributed by atoms with Crippen LogP contribution in [-0.4, -0.2) is 57.2 Å². The zero-order valence-corrected chi connectivity index (χ0v) is 13.8. The molecule has 114 valence electrons. The van der Waals surface area contributed by atoms with E-state index in [-0.39, 0.29) is 11.2 Å². The Morgan fingerprint density at radius 1 is 1.26 bits per heavy atom. The van der Waals surface area contributed by atoms with Crippen LogP contribution in [0.25, 0.3) is 0 Å². The van der Waals surface area contributed by atoms with E-state index in [1.54, 1.807) is 0 Å². The van der Waals surface area contributed by atoms with E-state index >= 15 is 0 Å². The quantitative estimate of drug-likeness (QED) is 0.686. The third-order valence-electron chi connectivity index (χ3n) is 4.19. The second-order valence-corrected chi connectivity index (χ2v) is 8.44. The standard InChI is InChI=1S/C14H29NO3S/c1-6-8-15(9-10-19(5,16)17)12-11-13(18-7-2)14(12,3)4/h12-13H,6-11H2,1-5H3. The number of ether oxygens (including phenoxy) is 1. The van der Waals surface area contributed by atoms with Gasteiger partial charge in [0.15, 0.2) is 0 Å². The molecular weight excluding hydrogens is 262 g/mol. The average molecular weight is 291 g/mol. The number of sulfone groups is 1. The summed E-state index contributed by atoms with van der Waals surface area (Å²) in [6, 6.07) is 0.436. The molecule has 0 aliphatic heterocycles. The van der Waals surface area contributed by atoms with Crippen LogP contribution in [0, 0.1) is 5.41 Å². The Morgan fingerprint density at radius 3 is 2.32 bits per heavy atom. The van der Waals surface area contributed by atoms with Gasteiger partial charge in [-0.3, -0.25) is 4.90 Å². The van der Waals surface area contributed by atoms with E-state index in [9.17, 15) is 8.42 Å². The molecule has 2 atom stereocenters. The van der Waals surface area contributed by atoms with E-state index in [0.717, 1.165) is 26.0 Å². The van der Waals surface area contributed by atoms with Gasteiger partial charge in [-0.1, -0.05) is 20.8 Å². The molecule has 0 heterocycles. The topological polar surface area (TPSA) is 46.6 Å². The molecule has 0 radical (unpaired) electrons. The van der Waals surface area contributed by atoms with Gasteiger partial charge in [-0.05, 0) is 26.3 Å². The third kappa shape index (κ3) is 4.43. The maximum Gasteiger partial charge on any atom is 0.148 e. The van der Waals surface area contributed by atoms with Crippen LogP contribution in [0.1, 0.15) is 40.5 Å². The summed E-state index contributed by atoms with van der Waals surface area (Å²) in [7, 11) is -2.89. The summed E-state index contributed by atoms with van der Waals surface area (Å²) in [5.74, 6) is 0.249. The SMILES string of the molecule is CCCN(CCS(C)(=O)=O)C1CC(OCC)C1(C)C. The lowest BCUT2D eigenvalue weighted by Crippen LogP contribution is -2.62. The highest BCUT2D eigenvalue weighted by molar-refractivity contribution is 7.90. The smallest absolute Gasteiger partial charge is 0.148 e. The Hall–Kier alpha value is -0.130. The van der Waals surface area contributed by atoms with E-state index in [1.807, 2.05) is 6.92 Å². The van der Waals surface area contributed by atoms with Crippen molar-refractivity contribution in [2.75, 3.05) is 31.7 Å². The minimum Gasteiger partial charge on any atom is -0.378 e. The average Bonchev–Trinajstić information content (AvgIpc) is 2.29. The normalized spacial score (nSPS) is 26.4. The molecule has 0 aromatic carbocycles. The van der Waals surface area contributed by atoms with Gasteiger partial charge in [-0.25, -0.2) is 8.42 Å². The number of hydrogen-bond acceptors (Lipinski definition) is 4. The fourth-order valence-corrected chi connectivity index (χ4v) is 3.53. The first-order valence-electron chi connectivity index (χ1n) is 7.25. The first-order chi connectivity index (χ1) is 8.72. The highest BCUT2D eigenvalue weighted by atomic mass is 32.2. The van der Waals surface area contributed by atoms with Gasteiger partial charge in [0.1, 0.15) is 9.84 Å². The fraction of sp³-hybridized carbons (Fsp3) is 1.00. The molecule has 0 saturated heterocycles. The van der Waals surface area contributed by atoms with Crippen LogP contribution >= 0.6 is 0 Å². The lowest BCUT2D eigenvalue weighted by molar-refractivity contribution is -0.148. The van der Waals surface area contributed by atoms with E-state index < -0.39 is 9.84 Å². The van der Waals surface area contributed by atoms with Crippen LogP contribution in [0.4, 0.5) is 0 Å². The Balaban J connectivity index is 2.63. The molecule has 4 nitrogen and oxygen atoms in total. The fourth-order valence-electron chi connectivity index (χ4n) is 2.96. The van der Waals surface area contributed by atoms with Gasteiger partial charge >= 0.3 is 0 Å². The lowest BCUT2D eigenvalue weighted by Gasteiger charge is -2.56. The molecule has 0 amide bonds. The van der Waals surface area contributed by atoms with Crippen LogP contribution in [0.3, 0.4) is 0 Å². The molecule has 2 unspecified atom stereocenters. The second-order valence-electron chi connectivity index (χ2n) is 6.18. The molecule has 0 aromatic heterocycles. The summed E-state index contributed by atoms with van der Waals surface area (Å²) in [5.41, 5.74) is 0.114. The molecule has 0 aromatic rings. The summed E-state index contributed by atoms with van der Waals surface area (Å²) >= 11 is 0. The Kier molecular flexibility index (Phi) is 5.83. The summed E-state index contributed by atoms with van der Waals surface area (Å²) in [4.78, 5) is 2.33. The Labute approximate surface area is 118 Å². The molecule has 5 heteroatoms. The van der Waals surface area contributed by atoms with Crippen molar-refractivity contribution in [1.29, 1.82) is 0 Å². The summed E-state index contributed by atoms with van der Waals surface area (Å²) < 4.78 is 28.4. The van der Waals surface area contributed by atoms with E-state index in [2.05, 4.69) is 25.7 Å². The molecule has 1 saturated carbocycles. The Bertz CT molecular complexity index is 378. The molecule has 1 rings (SSSR count). The van der Waals surface area contributed by atoms with Crippen molar-refractivity contribution in [2.24, 2.45) is 5.41 Å². The predicted molar refractivity (Wildman–Crippen MR) is 79.2 cm³/mol. The van der Waals surface area contributed by atoms with Gasteiger partial charge in [0.25, 0.3) is 0 Å². The zero-order valence-electron chi connectivity index (χ0n) is 13.0. The number of hydrogen-bond donors (Lipinski definition) is 0. The van der Waals surface area contributed by atoms with Crippen LogP contribution in [0.2, 0.25) is 0 Å². The molecule has 1 aliphatic carbocycles. The monoisotopic (exact) mass is 291 g/mol. The maximum atomic E-state index is 11.3. The molecule has 19 heavy (non-hydrogen) atoms. The van der Waals surface area contributed by atoms with Crippen molar-refractivity contribution in [3.8, 4) is 0 Å². The second kappa shape index (κ2) is 6.55. The molecule has 1 fully saturated rings. The number of rotatable bonds is 8. The maximum absolute atomic E-state index is 11.3. The predicted octanol–water partition coefficient (Wildman–Crippen LogP) is 1.95. The lowest BCUT2D eigenvalue weighted by atomic mass is 9.63. The van der Waals surface area contributed by atoms with Crippen molar-refractivity contribution < 1.29 is 13.2 Å². The van der Waals surface area contributed by atoms with E-state index in [0.29, 0.717) is 18.7 Å². The van der Waals surface area contributed by atoms with Crippen molar-refractivity contribution in [3.63, 3.8) is 0 Å². The van der Waals surface area contributed by atoms with Gasteiger partial charge in [0.05, 0.1) is 11.9 Å². The van der Waals surface area contributed by atoms with Crippen LogP contribution < -0.4 is 0 Å². The van der Waals surface area contributed by atoms with Gasteiger partial charge in [0, 0.05) is 30.9 Å². The molecule has 0 bridgehead atoms. The number of nitrogens with zero attached hydrogens (tertiary/aromatic N) is 1. The van der Waals surface area contributed by atoms with Crippen molar-refractivity contribution in [2.45, 2.75) is 52.7 Å². The molecular formula is C14H29NO3S. The van der Waals surface area contributed by atoms with E-state index in [1.165, 1.54) is 6.26 Å². The van der Waals surface area contributed by atoms with Gasteiger partial charge in [-0.2, -0.15) is 0 Å². The molecule has 1 aliphatic rings. The summed E-state index contributed by atoms with van der Waals surface area (Å²) in [5, 5.41) is 0. The highest BCUT2D eigenvalue weighted by Gasteiger charge is 2.51. The van der Waals surface area contributed by atoms with E-state index in [4.69, 9.17) is 4.74 Å². The summed E-state index contributed by atoms with van der Waals surface area (Å²) in [6.07, 6.45) is 3.69. The highest BCUT2D eigenvalue weighted by Crippen LogP contribution is 2.45. The first kappa shape index (κ1) is 16.9. The zero-order chi connectivity index (χ0) is 14.7. The third-order valence-corrected chi connectivity index (χ3v) is 5.12. The van der Waals surface area contributed by atoms with Gasteiger partial charge in [0.2, 0.25) is 0 Å². The van der Waals surface area contributed by atoms with Gasteiger partial charge in [-0.15, -0.1) is 0 Å². The van der Waals surface area contributed by atoms with Crippen molar-refractivity contribution in [3.05, 3.63) is 0 Å². The van der Waals surface area contributed by atoms with Crippen LogP contribution in [-0.2, 0) is 14.6 Å².